The van der Waals surface area contributed by atoms with Crippen LogP contribution in [0.15, 0.2) is 12.1 Å². The highest BCUT2D eigenvalue weighted by Crippen LogP contribution is 2.45. The molecule has 27 heavy (non-hydrogen) atoms. The first-order valence-electron chi connectivity index (χ1n) is 9.71. The molecular formula is C21H31NO5. The van der Waals surface area contributed by atoms with Crippen molar-refractivity contribution in [2.75, 3.05) is 13.2 Å². The number of hydrogen-bond acceptors (Lipinski definition) is 4. The molecule has 0 saturated heterocycles. The highest BCUT2D eigenvalue weighted by atomic mass is 16.5. The van der Waals surface area contributed by atoms with E-state index in [-0.39, 0.29) is 24.1 Å². The minimum atomic E-state index is -1.03. The SMILES string of the molecule is CCCCOC(=O)CC1(CC(C)C)c2ccc(O)c(C)c2CCN1C(=O)O. The van der Waals surface area contributed by atoms with Crippen LogP contribution in [0.1, 0.15) is 63.1 Å². The highest BCUT2D eigenvalue weighted by molar-refractivity contribution is 5.75. The van der Waals surface area contributed by atoms with Gasteiger partial charge in [-0.3, -0.25) is 9.69 Å². The second-order valence-corrected chi connectivity index (χ2v) is 7.80. The third-order valence-electron chi connectivity index (χ3n) is 5.35. The normalized spacial score (nSPS) is 19.1. The van der Waals surface area contributed by atoms with Crippen molar-refractivity contribution in [1.82, 2.24) is 4.90 Å². The minimum Gasteiger partial charge on any atom is -0.508 e. The number of hydrogen-bond donors (Lipinski definition) is 2. The van der Waals surface area contributed by atoms with Crippen molar-refractivity contribution in [3.05, 3.63) is 28.8 Å². The van der Waals surface area contributed by atoms with Gasteiger partial charge in [0.05, 0.1) is 18.6 Å². The molecule has 1 heterocycles. The fourth-order valence-corrected chi connectivity index (χ4v) is 4.14. The Bertz CT molecular complexity index is 700. The number of amides is 1. The van der Waals surface area contributed by atoms with Crippen LogP contribution in [0.5, 0.6) is 5.75 Å². The maximum absolute atomic E-state index is 12.6. The molecule has 1 aliphatic heterocycles. The van der Waals surface area contributed by atoms with E-state index in [2.05, 4.69) is 0 Å². The molecule has 6 nitrogen and oxygen atoms in total. The van der Waals surface area contributed by atoms with Crippen molar-refractivity contribution in [1.29, 1.82) is 0 Å². The van der Waals surface area contributed by atoms with Crippen molar-refractivity contribution >= 4 is 12.1 Å². The maximum atomic E-state index is 12.6. The quantitative estimate of drug-likeness (QED) is 0.549. The predicted octanol–water partition coefficient (Wildman–Crippen LogP) is 4.21. The number of phenols is 1. The number of phenolic OH excluding ortho intramolecular Hbond substituents is 1. The molecule has 1 aromatic carbocycles. The summed E-state index contributed by atoms with van der Waals surface area (Å²) in [5, 5.41) is 20.0. The number of fused-ring (bicyclic) bond motifs is 1. The lowest BCUT2D eigenvalue weighted by atomic mass is 9.72. The van der Waals surface area contributed by atoms with Gasteiger partial charge in [-0.1, -0.05) is 33.3 Å². The molecule has 1 aliphatic rings. The van der Waals surface area contributed by atoms with E-state index < -0.39 is 11.6 Å². The molecule has 0 fully saturated rings. The number of benzene rings is 1. The summed E-state index contributed by atoms with van der Waals surface area (Å²) in [4.78, 5) is 26.1. The van der Waals surface area contributed by atoms with Gasteiger partial charge in [0.15, 0.2) is 0 Å². The monoisotopic (exact) mass is 377 g/mol. The Morgan fingerprint density at radius 3 is 2.63 bits per heavy atom. The van der Waals surface area contributed by atoms with Crippen molar-refractivity contribution in [3.63, 3.8) is 0 Å². The van der Waals surface area contributed by atoms with Crippen molar-refractivity contribution in [2.24, 2.45) is 5.92 Å². The number of nitrogens with zero attached hydrogens (tertiary/aromatic N) is 1. The molecule has 0 spiro atoms. The van der Waals surface area contributed by atoms with Gasteiger partial charge in [-0.2, -0.15) is 0 Å². The van der Waals surface area contributed by atoms with Crippen molar-refractivity contribution in [2.45, 2.75) is 65.3 Å². The fourth-order valence-electron chi connectivity index (χ4n) is 4.14. The van der Waals surface area contributed by atoms with E-state index in [0.29, 0.717) is 26.0 Å². The summed E-state index contributed by atoms with van der Waals surface area (Å²) in [5.74, 6) is -0.00854. The number of carboxylic acid groups (broad SMARTS) is 1. The lowest BCUT2D eigenvalue weighted by molar-refractivity contribution is -0.147. The molecule has 0 bridgehead atoms. The molecule has 6 heteroatoms. The van der Waals surface area contributed by atoms with Crippen LogP contribution in [0.3, 0.4) is 0 Å². The van der Waals surface area contributed by atoms with Crippen molar-refractivity contribution < 1.29 is 24.5 Å². The zero-order valence-corrected chi connectivity index (χ0v) is 16.7. The molecule has 150 valence electrons. The second kappa shape index (κ2) is 8.63. The summed E-state index contributed by atoms with van der Waals surface area (Å²) >= 11 is 0. The fraction of sp³-hybridized carbons (Fsp3) is 0.619. The molecule has 0 radical (unpaired) electrons. The van der Waals surface area contributed by atoms with E-state index >= 15 is 0 Å². The molecule has 0 saturated carbocycles. The molecule has 1 atom stereocenters. The van der Waals surface area contributed by atoms with E-state index in [4.69, 9.17) is 4.74 Å². The average Bonchev–Trinajstić information content (AvgIpc) is 2.57. The molecule has 0 aromatic heterocycles. The van der Waals surface area contributed by atoms with Crippen LogP contribution < -0.4 is 0 Å². The minimum absolute atomic E-state index is 0.0155. The van der Waals surface area contributed by atoms with Gasteiger partial charge in [-0.25, -0.2) is 4.79 Å². The lowest BCUT2D eigenvalue weighted by Crippen LogP contribution is -2.55. The number of ether oxygens (including phenoxy) is 1. The number of carbonyl (C=O) groups excluding carboxylic acids is 1. The number of unbranched alkanes of at least 4 members (excludes halogenated alkanes) is 1. The van der Waals surface area contributed by atoms with Crippen LogP contribution in [-0.2, 0) is 21.5 Å². The number of aromatic hydroxyl groups is 1. The number of esters is 1. The largest absolute Gasteiger partial charge is 0.508 e. The molecule has 1 aromatic rings. The second-order valence-electron chi connectivity index (χ2n) is 7.80. The molecular weight excluding hydrogens is 346 g/mol. The van der Waals surface area contributed by atoms with Crippen LogP contribution in [0, 0.1) is 12.8 Å². The Morgan fingerprint density at radius 1 is 1.33 bits per heavy atom. The Balaban J connectivity index is 2.54. The van der Waals surface area contributed by atoms with Crippen LogP contribution in [0.2, 0.25) is 0 Å². The molecule has 2 N–H and O–H groups in total. The van der Waals surface area contributed by atoms with Crippen LogP contribution in [0.25, 0.3) is 0 Å². The first-order valence-corrected chi connectivity index (χ1v) is 9.71. The maximum Gasteiger partial charge on any atom is 0.408 e. The summed E-state index contributed by atoms with van der Waals surface area (Å²) < 4.78 is 5.38. The Labute approximate surface area is 161 Å². The highest BCUT2D eigenvalue weighted by Gasteiger charge is 2.48. The smallest absolute Gasteiger partial charge is 0.408 e. The van der Waals surface area contributed by atoms with Gasteiger partial charge < -0.3 is 14.9 Å². The van der Waals surface area contributed by atoms with Crippen molar-refractivity contribution in [3.8, 4) is 5.75 Å². The predicted molar refractivity (Wildman–Crippen MR) is 103 cm³/mol. The Hall–Kier alpha value is -2.24. The van der Waals surface area contributed by atoms with Gasteiger partial charge in [0.25, 0.3) is 0 Å². The first-order chi connectivity index (χ1) is 12.7. The lowest BCUT2D eigenvalue weighted by Gasteiger charge is -2.48. The van der Waals surface area contributed by atoms with E-state index in [9.17, 15) is 19.8 Å². The van der Waals surface area contributed by atoms with Gasteiger partial charge in [0.2, 0.25) is 0 Å². The van der Waals surface area contributed by atoms with E-state index in [1.807, 2.05) is 27.7 Å². The Morgan fingerprint density at radius 2 is 2.04 bits per heavy atom. The number of rotatable bonds is 7. The summed E-state index contributed by atoms with van der Waals surface area (Å²) in [6.07, 6.45) is 1.69. The molecule has 2 rings (SSSR count). The van der Waals surface area contributed by atoms with Crippen LogP contribution >= 0.6 is 0 Å². The van der Waals surface area contributed by atoms with Gasteiger partial charge in [0.1, 0.15) is 5.75 Å². The Kier molecular flexibility index (Phi) is 6.73. The van der Waals surface area contributed by atoms with E-state index in [1.54, 1.807) is 12.1 Å². The topological polar surface area (TPSA) is 87.1 Å². The zero-order valence-electron chi connectivity index (χ0n) is 16.7. The zero-order chi connectivity index (χ0) is 20.2. The summed E-state index contributed by atoms with van der Waals surface area (Å²) in [6.45, 7) is 8.54. The third kappa shape index (κ3) is 4.37. The van der Waals surface area contributed by atoms with E-state index in [0.717, 1.165) is 29.5 Å². The summed E-state index contributed by atoms with van der Waals surface area (Å²) in [6, 6.07) is 3.37. The summed E-state index contributed by atoms with van der Waals surface area (Å²) in [5.41, 5.74) is 1.53. The molecule has 0 aliphatic carbocycles. The van der Waals surface area contributed by atoms with Gasteiger partial charge in [-0.15, -0.1) is 0 Å². The van der Waals surface area contributed by atoms with Gasteiger partial charge in [-0.05, 0) is 54.9 Å². The number of carbonyl (C=O) groups is 2. The first kappa shape index (κ1) is 21.1. The third-order valence-corrected chi connectivity index (χ3v) is 5.35. The molecule has 1 unspecified atom stereocenters. The average molecular weight is 377 g/mol. The van der Waals surface area contributed by atoms with Gasteiger partial charge >= 0.3 is 12.1 Å². The molecule has 1 amide bonds. The summed E-state index contributed by atoms with van der Waals surface area (Å²) in [7, 11) is 0. The standard InChI is InChI=1S/C21H31NO5/c1-5-6-11-27-19(24)13-21(12-14(2)3)17-7-8-18(23)15(4)16(17)9-10-22(21)20(25)26/h7-8,14,23H,5-6,9-13H2,1-4H3,(H,25,26). The van der Waals surface area contributed by atoms with Crippen LogP contribution in [-0.4, -0.2) is 40.3 Å². The van der Waals surface area contributed by atoms with Gasteiger partial charge in [0, 0.05) is 6.54 Å². The van der Waals surface area contributed by atoms with E-state index in [1.165, 1.54) is 4.90 Å². The van der Waals surface area contributed by atoms with Crippen LogP contribution in [0.4, 0.5) is 4.79 Å².